The summed E-state index contributed by atoms with van der Waals surface area (Å²) in [5.74, 6) is 0.0807. The van der Waals surface area contributed by atoms with Crippen LogP contribution in [0.1, 0.15) is 17.4 Å². The Kier molecular flexibility index (Phi) is 4.98. The van der Waals surface area contributed by atoms with Crippen LogP contribution in [0, 0.1) is 5.82 Å². The predicted molar refractivity (Wildman–Crippen MR) is 93.8 cm³/mol. The first-order chi connectivity index (χ1) is 11.2. The Bertz CT molecular complexity index is 780. The number of nitrogens with zero attached hydrogens (tertiary/aromatic N) is 1. The third kappa shape index (κ3) is 3.41. The maximum atomic E-state index is 14.1. The van der Waals surface area contributed by atoms with E-state index in [9.17, 15) is 4.39 Å². The third-order valence-electron chi connectivity index (χ3n) is 3.88. The van der Waals surface area contributed by atoms with Crippen LogP contribution in [0.25, 0.3) is 10.9 Å². The summed E-state index contributed by atoms with van der Waals surface area (Å²) in [5, 5.41) is 6.42. The molecular formula is C18H21FN2OS. The van der Waals surface area contributed by atoms with Crippen LogP contribution in [0.3, 0.4) is 0 Å². The second kappa shape index (κ2) is 7.15. The molecule has 0 bridgehead atoms. The fraction of sp³-hybridized carbons (Fsp3) is 0.333. The highest BCUT2D eigenvalue weighted by molar-refractivity contribution is 7.09. The molecule has 122 valence electrons. The number of nitrogens with one attached hydrogen (secondary N) is 1. The molecule has 1 N–H and O–H groups in total. The lowest BCUT2D eigenvalue weighted by Gasteiger charge is -2.09. The van der Waals surface area contributed by atoms with Crippen molar-refractivity contribution in [3.8, 4) is 5.75 Å². The van der Waals surface area contributed by atoms with Crippen LogP contribution in [0.4, 0.5) is 4.39 Å². The standard InChI is InChI=1S/C18H21FN2OS/c1-3-22-18-15(19)6-7-16-17(18)13(12-21(16)2)8-9-20-11-14-5-4-10-23-14/h4-7,10,12,20H,3,8-9,11H2,1-2H3. The van der Waals surface area contributed by atoms with Crippen molar-refractivity contribution in [1.82, 2.24) is 9.88 Å². The Balaban J connectivity index is 1.78. The Morgan fingerprint density at radius 1 is 1.30 bits per heavy atom. The molecule has 0 aliphatic rings. The molecule has 2 heterocycles. The van der Waals surface area contributed by atoms with E-state index >= 15 is 0 Å². The number of aromatic nitrogens is 1. The molecule has 5 heteroatoms. The van der Waals surface area contributed by atoms with Gasteiger partial charge in [-0.25, -0.2) is 4.39 Å². The predicted octanol–water partition coefficient (Wildman–Crippen LogP) is 4.11. The first-order valence-electron chi connectivity index (χ1n) is 7.83. The van der Waals surface area contributed by atoms with Gasteiger partial charge in [0.2, 0.25) is 0 Å². The normalized spacial score (nSPS) is 11.3. The van der Waals surface area contributed by atoms with Crippen LogP contribution in [0.15, 0.2) is 35.8 Å². The van der Waals surface area contributed by atoms with Gasteiger partial charge in [0, 0.05) is 30.1 Å². The molecule has 0 atom stereocenters. The highest BCUT2D eigenvalue weighted by atomic mass is 32.1. The first kappa shape index (κ1) is 16.0. The van der Waals surface area contributed by atoms with Crippen molar-refractivity contribution >= 4 is 22.2 Å². The highest BCUT2D eigenvalue weighted by Gasteiger charge is 2.15. The number of benzene rings is 1. The van der Waals surface area contributed by atoms with E-state index < -0.39 is 0 Å². The summed E-state index contributed by atoms with van der Waals surface area (Å²) in [6.45, 7) is 4.05. The smallest absolute Gasteiger partial charge is 0.165 e. The minimum Gasteiger partial charge on any atom is -0.490 e. The Morgan fingerprint density at radius 2 is 2.17 bits per heavy atom. The van der Waals surface area contributed by atoms with E-state index in [0.717, 1.165) is 36.0 Å². The van der Waals surface area contributed by atoms with Crippen LogP contribution in [0.5, 0.6) is 5.75 Å². The van der Waals surface area contributed by atoms with E-state index in [1.54, 1.807) is 11.3 Å². The minimum atomic E-state index is -0.293. The molecule has 2 aromatic heterocycles. The molecule has 0 unspecified atom stereocenters. The summed E-state index contributed by atoms with van der Waals surface area (Å²) in [7, 11) is 1.98. The van der Waals surface area contributed by atoms with Gasteiger partial charge in [0.15, 0.2) is 11.6 Å². The number of aryl methyl sites for hydroxylation is 1. The van der Waals surface area contributed by atoms with Crippen molar-refractivity contribution in [2.24, 2.45) is 7.05 Å². The molecule has 0 aliphatic carbocycles. The Labute approximate surface area is 139 Å². The summed E-state index contributed by atoms with van der Waals surface area (Å²) in [5.41, 5.74) is 2.12. The lowest BCUT2D eigenvalue weighted by atomic mass is 10.1. The number of halogens is 1. The van der Waals surface area contributed by atoms with Gasteiger partial charge in [-0.15, -0.1) is 11.3 Å². The van der Waals surface area contributed by atoms with E-state index in [0.29, 0.717) is 12.4 Å². The average molecular weight is 332 g/mol. The largest absolute Gasteiger partial charge is 0.490 e. The highest BCUT2D eigenvalue weighted by Crippen LogP contribution is 2.33. The molecule has 0 aliphatic heterocycles. The molecule has 0 saturated heterocycles. The zero-order valence-electron chi connectivity index (χ0n) is 13.4. The van der Waals surface area contributed by atoms with Gasteiger partial charge >= 0.3 is 0 Å². The summed E-state index contributed by atoms with van der Waals surface area (Å²) in [6.07, 6.45) is 2.91. The summed E-state index contributed by atoms with van der Waals surface area (Å²) in [4.78, 5) is 1.32. The number of rotatable bonds is 7. The monoisotopic (exact) mass is 332 g/mol. The van der Waals surface area contributed by atoms with E-state index in [1.165, 1.54) is 10.9 Å². The lowest BCUT2D eigenvalue weighted by molar-refractivity contribution is 0.326. The van der Waals surface area contributed by atoms with Gasteiger partial charge in [0.05, 0.1) is 12.1 Å². The number of thiophene rings is 1. The van der Waals surface area contributed by atoms with E-state index in [1.807, 2.05) is 24.6 Å². The van der Waals surface area contributed by atoms with Gasteiger partial charge in [-0.05, 0) is 49.0 Å². The van der Waals surface area contributed by atoms with Crippen LogP contribution < -0.4 is 10.1 Å². The first-order valence-corrected chi connectivity index (χ1v) is 8.71. The van der Waals surface area contributed by atoms with Crippen LogP contribution in [0.2, 0.25) is 0 Å². The number of hydrogen-bond acceptors (Lipinski definition) is 3. The molecule has 0 radical (unpaired) electrons. The van der Waals surface area contributed by atoms with Gasteiger partial charge < -0.3 is 14.6 Å². The fourth-order valence-corrected chi connectivity index (χ4v) is 3.52. The van der Waals surface area contributed by atoms with Gasteiger partial charge in [0.1, 0.15) is 0 Å². The van der Waals surface area contributed by atoms with Crippen LogP contribution in [-0.4, -0.2) is 17.7 Å². The molecule has 0 fully saturated rings. The molecule has 0 saturated carbocycles. The molecule has 0 spiro atoms. The summed E-state index contributed by atoms with van der Waals surface area (Å²) in [6, 6.07) is 7.48. The molecule has 3 nitrogen and oxygen atoms in total. The van der Waals surface area contributed by atoms with Crippen molar-refractivity contribution in [3.05, 3.63) is 52.1 Å². The van der Waals surface area contributed by atoms with Gasteiger partial charge in [-0.2, -0.15) is 0 Å². The summed E-state index contributed by atoms with van der Waals surface area (Å²) >= 11 is 1.75. The molecule has 0 amide bonds. The number of ether oxygens (including phenoxy) is 1. The van der Waals surface area contributed by atoms with Crippen molar-refractivity contribution in [2.75, 3.05) is 13.2 Å². The van der Waals surface area contributed by atoms with Crippen molar-refractivity contribution < 1.29 is 9.13 Å². The molecule has 1 aromatic carbocycles. The average Bonchev–Trinajstić information content (AvgIpc) is 3.15. The topological polar surface area (TPSA) is 26.2 Å². The molecular weight excluding hydrogens is 311 g/mol. The number of fused-ring (bicyclic) bond motifs is 1. The van der Waals surface area contributed by atoms with Crippen molar-refractivity contribution in [3.63, 3.8) is 0 Å². The lowest BCUT2D eigenvalue weighted by Crippen LogP contribution is -2.15. The Morgan fingerprint density at radius 3 is 2.91 bits per heavy atom. The van der Waals surface area contributed by atoms with Gasteiger partial charge in [0.25, 0.3) is 0 Å². The zero-order chi connectivity index (χ0) is 16.2. The second-order valence-electron chi connectivity index (χ2n) is 5.48. The second-order valence-corrected chi connectivity index (χ2v) is 6.51. The van der Waals surface area contributed by atoms with Gasteiger partial charge in [-0.1, -0.05) is 6.07 Å². The maximum absolute atomic E-state index is 14.1. The van der Waals surface area contributed by atoms with E-state index in [-0.39, 0.29) is 5.82 Å². The zero-order valence-corrected chi connectivity index (χ0v) is 14.3. The van der Waals surface area contributed by atoms with Crippen molar-refractivity contribution in [1.29, 1.82) is 0 Å². The number of hydrogen-bond donors (Lipinski definition) is 1. The van der Waals surface area contributed by atoms with Crippen LogP contribution >= 0.6 is 11.3 Å². The molecule has 3 aromatic rings. The van der Waals surface area contributed by atoms with E-state index in [2.05, 4.69) is 29.0 Å². The Hall–Kier alpha value is -1.85. The molecule has 23 heavy (non-hydrogen) atoms. The SMILES string of the molecule is CCOc1c(F)ccc2c1c(CCNCc1cccs1)cn2C. The van der Waals surface area contributed by atoms with Crippen LogP contribution in [-0.2, 0) is 20.0 Å². The van der Waals surface area contributed by atoms with Crippen molar-refractivity contribution in [2.45, 2.75) is 19.9 Å². The van der Waals surface area contributed by atoms with E-state index in [4.69, 9.17) is 4.74 Å². The maximum Gasteiger partial charge on any atom is 0.165 e. The summed E-state index contributed by atoms with van der Waals surface area (Å²) < 4.78 is 21.7. The quantitative estimate of drug-likeness (QED) is 0.659. The third-order valence-corrected chi connectivity index (χ3v) is 4.75. The van der Waals surface area contributed by atoms with Gasteiger partial charge in [-0.3, -0.25) is 0 Å². The minimum absolute atomic E-state index is 0.293. The fourth-order valence-electron chi connectivity index (χ4n) is 2.84. The molecule has 3 rings (SSSR count).